The van der Waals surface area contributed by atoms with Crippen molar-refractivity contribution in [3.05, 3.63) is 44.0 Å². The number of fused-ring (bicyclic) bond motifs is 1. The maximum Gasteiger partial charge on any atom is 0.273 e. The third-order valence-electron chi connectivity index (χ3n) is 3.32. The summed E-state index contributed by atoms with van der Waals surface area (Å²) >= 11 is 0. The van der Waals surface area contributed by atoms with Crippen LogP contribution in [0.2, 0.25) is 0 Å². The monoisotopic (exact) mass is 261 g/mol. The number of benzene rings is 1. The Balaban J connectivity index is 2.72. The summed E-state index contributed by atoms with van der Waals surface area (Å²) < 4.78 is 1.40. The number of hydrogen-bond acceptors (Lipinski definition) is 3. The van der Waals surface area contributed by atoms with Gasteiger partial charge in [0.05, 0.1) is 17.3 Å². The van der Waals surface area contributed by atoms with Gasteiger partial charge in [0.25, 0.3) is 11.1 Å². The van der Waals surface area contributed by atoms with Crippen molar-refractivity contribution in [3.8, 4) is 0 Å². The standard InChI is InChI=1S/C14H19N3O2/c1-9-5-6-10(2)12-11(9)13(18)15-17(14(12)19)8-7-16(3)4/h5-6H,7-8H2,1-4H3,(H,15,18). The summed E-state index contributed by atoms with van der Waals surface area (Å²) in [6, 6.07) is 3.76. The van der Waals surface area contributed by atoms with Gasteiger partial charge < -0.3 is 4.90 Å². The van der Waals surface area contributed by atoms with Gasteiger partial charge in [-0.3, -0.25) is 14.7 Å². The van der Waals surface area contributed by atoms with Crippen molar-refractivity contribution < 1.29 is 0 Å². The number of nitrogens with zero attached hydrogens (tertiary/aromatic N) is 2. The van der Waals surface area contributed by atoms with Crippen LogP contribution in [0.4, 0.5) is 0 Å². The van der Waals surface area contributed by atoms with Gasteiger partial charge in [0.2, 0.25) is 0 Å². The Morgan fingerprint density at radius 1 is 1.11 bits per heavy atom. The average Bonchev–Trinajstić information content (AvgIpc) is 2.34. The molecule has 0 aliphatic rings. The fraction of sp³-hybridized carbons (Fsp3) is 0.429. The zero-order valence-electron chi connectivity index (χ0n) is 11.8. The molecule has 5 nitrogen and oxygen atoms in total. The molecule has 0 aliphatic heterocycles. The number of aromatic amines is 1. The molecule has 2 rings (SSSR count). The summed E-state index contributed by atoms with van der Waals surface area (Å²) in [5.74, 6) is 0. The van der Waals surface area contributed by atoms with Crippen LogP contribution in [0.15, 0.2) is 21.7 Å². The van der Waals surface area contributed by atoms with Crippen LogP contribution in [0.5, 0.6) is 0 Å². The van der Waals surface area contributed by atoms with E-state index in [9.17, 15) is 9.59 Å². The Hall–Kier alpha value is -1.88. The normalized spacial score (nSPS) is 11.4. The van der Waals surface area contributed by atoms with Gasteiger partial charge >= 0.3 is 0 Å². The summed E-state index contributed by atoms with van der Waals surface area (Å²) in [7, 11) is 3.86. The summed E-state index contributed by atoms with van der Waals surface area (Å²) in [5.41, 5.74) is 1.35. The van der Waals surface area contributed by atoms with E-state index in [4.69, 9.17) is 0 Å². The minimum atomic E-state index is -0.199. The molecule has 0 aliphatic carbocycles. The van der Waals surface area contributed by atoms with Crippen molar-refractivity contribution in [2.75, 3.05) is 20.6 Å². The highest BCUT2D eigenvalue weighted by molar-refractivity contribution is 5.86. The minimum Gasteiger partial charge on any atom is -0.308 e. The molecule has 1 N–H and O–H groups in total. The summed E-state index contributed by atoms with van der Waals surface area (Å²) in [5, 5.41) is 3.70. The quantitative estimate of drug-likeness (QED) is 0.892. The van der Waals surface area contributed by atoms with Crippen molar-refractivity contribution in [2.24, 2.45) is 0 Å². The second-order valence-corrected chi connectivity index (χ2v) is 5.15. The zero-order chi connectivity index (χ0) is 14.2. The molecule has 0 unspecified atom stereocenters. The highest BCUT2D eigenvalue weighted by atomic mass is 16.2. The number of aromatic nitrogens is 2. The van der Waals surface area contributed by atoms with E-state index >= 15 is 0 Å². The van der Waals surface area contributed by atoms with E-state index in [0.29, 0.717) is 23.9 Å². The molecule has 0 fully saturated rings. The van der Waals surface area contributed by atoms with E-state index in [2.05, 4.69) is 5.10 Å². The lowest BCUT2D eigenvalue weighted by Crippen LogP contribution is -2.33. The van der Waals surface area contributed by atoms with Crippen LogP contribution >= 0.6 is 0 Å². The van der Waals surface area contributed by atoms with E-state index in [1.54, 1.807) is 0 Å². The first-order chi connectivity index (χ1) is 8.91. The molecule has 0 saturated heterocycles. The molecular formula is C14H19N3O2. The van der Waals surface area contributed by atoms with Gasteiger partial charge in [-0.25, -0.2) is 4.68 Å². The lowest BCUT2D eigenvalue weighted by Gasteiger charge is -2.12. The second-order valence-electron chi connectivity index (χ2n) is 5.15. The van der Waals surface area contributed by atoms with Gasteiger partial charge in [-0.1, -0.05) is 12.1 Å². The van der Waals surface area contributed by atoms with Gasteiger partial charge in [0.15, 0.2) is 0 Å². The molecule has 1 heterocycles. The van der Waals surface area contributed by atoms with E-state index in [1.165, 1.54) is 4.68 Å². The fourth-order valence-electron chi connectivity index (χ4n) is 2.20. The van der Waals surface area contributed by atoms with Crippen LogP contribution in [-0.2, 0) is 6.54 Å². The first-order valence-corrected chi connectivity index (χ1v) is 6.29. The Labute approximate surface area is 111 Å². The predicted molar refractivity (Wildman–Crippen MR) is 76.9 cm³/mol. The van der Waals surface area contributed by atoms with E-state index in [1.807, 2.05) is 45.0 Å². The molecule has 0 saturated carbocycles. The van der Waals surface area contributed by atoms with Crippen LogP contribution in [0.1, 0.15) is 11.1 Å². The second kappa shape index (κ2) is 5.01. The molecule has 0 spiro atoms. The summed E-state index contributed by atoms with van der Waals surface area (Å²) in [6.07, 6.45) is 0. The smallest absolute Gasteiger partial charge is 0.273 e. The molecule has 0 radical (unpaired) electrons. The van der Waals surface area contributed by atoms with Crippen LogP contribution in [-0.4, -0.2) is 35.3 Å². The molecule has 2 aromatic rings. The van der Waals surface area contributed by atoms with Crippen LogP contribution < -0.4 is 11.1 Å². The van der Waals surface area contributed by atoms with Crippen molar-refractivity contribution in [3.63, 3.8) is 0 Å². The average molecular weight is 261 g/mol. The highest BCUT2D eigenvalue weighted by Crippen LogP contribution is 2.14. The third kappa shape index (κ3) is 2.46. The van der Waals surface area contributed by atoms with Crippen molar-refractivity contribution >= 4 is 10.8 Å². The SMILES string of the molecule is Cc1ccc(C)c2c(=O)n(CCN(C)C)[nH]c(=O)c12. The first-order valence-electron chi connectivity index (χ1n) is 6.29. The molecule has 1 aromatic carbocycles. The Bertz CT molecular complexity index is 726. The van der Waals surface area contributed by atoms with E-state index in [0.717, 1.165) is 11.1 Å². The molecular weight excluding hydrogens is 242 g/mol. The van der Waals surface area contributed by atoms with E-state index < -0.39 is 0 Å². The van der Waals surface area contributed by atoms with Crippen molar-refractivity contribution in [1.29, 1.82) is 0 Å². The highest BCUT2D eigenvalue weighted by Gasteiger charge is 2.11. The Morgan fingerprint density at radius 3 is 2.26 bits per heavy atom. The van der Waals surface area contributed by atoms with E-state index in [-0.39, 0.29) is 11.1 Å². The fourth-order valence-corrected chi connectivity index (χ4v) is 2.20. The third-order valence-corrected chi connectivity index (χ3v) is 3.32. The van der Waals surface area contributed by atoms with Crippen molar-refractivity contribution in [1.82, 2.24) is 14.7 Å². The molecule has 0 atom stereocenters. The largest absolute Gasteiger partial charge is 0.308 e. The van der Waals surface area contributed by atoms with Crippen LogP contribution in [0.3, 0.4) is 0 Å². The summed E-state index contributed by atoms with van der Waals surface area (Å²) in [4.78, 5) is 26.6. The zero-order valence-corrected chi connectivity index (χ0v) is 11.8. The number of rotatable bonds is 3. The molecule has 0 bridgehead atoms. The number of likely N-dealkylation sites (N-methyl/N-ethyl adjacent to an activating group) is 1. The Morgan fingerprint density at radius 2 is 1.68 bits per heavy atom. The van der Waals surface area contributed by atoms with Crippen molar-refractivity contribution in [2.45, 2.75) is 20.4 Å². The van der Waals surface area contributed by atoms with Gasteiger partial charge in [0.1, 0.15) is 0 Å². The van der Waals surface area contributed by atoms with Gasteiger partial charge in [0, 0.05) is 6.54 Å². The van der Waals surface area contributed by atoms with Gasteiger partial charge in [-0.15, -0.1) is 0 Å². The number of nitrogens with one attached hydrogen (secondary N) is 1. The lowest BCUT2D eigenvalue weighted by molar-refractivity contribution is 0.367. The lowest BCUT2D eigenvalue weighted by atomic mass is 10.0. The van der Waals surface area contributed by atoms with Gasteiger partial charge in [-0.05, 0) is 39.1 Å². The number of H-pyrrole nitrogens is 1. The molecule has 5 heteroatoms. The molecule has 19 heavy (non-hydrogen) atoms. The minimum absolute atomic E-state index is 0.127. The predicted octanol–water partition coefficient (Wildman–Crippen LogP) is 0.868. The Kier molecular flexibility index (Phi) is 3.57. The maximum absolute atomic E-state index is 12.4. The molecule has 102 valence electrons. The topological polar surface area (TPSA) is 58.1 Å². The van der Waals surface area contributed by atoms with Crippen LogP contribution in [0, 0.1) is 13.8 Å². The first kappa shape index (κ1) is 13.5. The number of aryl methyl sites for hydroxylation is 2. The molecule has 1 aromatic heterocycles. The molecule has 0 amide bonds. The van der Waals surface area contributed by atoms with Crippen LogP contribution in [0.25, 0.3) is 10.8 Å². The maximum atomic E-state index is 12.4. The van der Waals surface area contributed by atoms with Gasteiger partial charge in [-0.2, -0.15) is 0 Å². The summed E-state index contributed by atoms with van der Waals surface area (Å²) in [6.45, 7) is 4.89. The number of hydrogen-bond donors (Lipinski definition) is 1.